The molecular weight excluding hydrogens is 232 g/mol. The summed E-state index contributed by atoms with van der Waals surface area (Å²) in [6.07, 6.45) is 5.24. The van der Waals surface area contributed by atoms with E-state index in [1.165, 1.54) is 57.4 Å². The van der Waals surface area contributed by atoms with E-state index < -0.39 is 0 Å². The van der Waals surface area contributed by atoms with Crippen LogP contribution in [0.15, 0.2) is 18.2 Å². The number of benzene rings is 1. The Hall–Kier alpha value is -0.860. The van der Waals surface area contributed by atoms with Crippen LogP contribution in [-0.4, -0.2) is 49.1 Å². The summed E-state index contributed by atoms with van der Waals surface area (Å²) < 4.78 is 0. The third-order valence-electron chi connectivity index (χ3n) is 4.91. The molecule has 1 unspecified atom stereocenters. The van der Waals surface area contributed by atoms with Gasteiger partial charge in [-0.25, -0.2) is 0 Å². The standard InChI is InChI=1S/C17H26N2/c1-14-3-4-15-5-7-17(8-6-16(15)13-14)19-11-9-18(2)10-12-19/h3-4,13,17H,5-12H2,1-2H3. The average molecular weight is 258 g/mol. The summed E-state index contributed by atoms with van der Waals surface area (Å²) in [5, 5.41) is 0. The van der Waals surface area contributed by atoms with E-state index in [1.54, 1.807) is 11.1 Å². The Bertz CT molecular complexity index is 433. The van der Waals surface area contributed by atoms with E-state index in [2.05, 4.69) is 42.0 Å². The van der Waals surface area contributed by atoms with E-state index in [1.807, 2.05) is 0 Å². The molecule has 0 N–H and O–H groups in total. The number of hydrogen-bond acceptors (Lipinski definition) is 2. The van der Waals surface area contributed by atoms with Gasteiger partial charge in [-0.1, -0.05) is 23.8 Å². The third-order valence-corrected chi connectivity index (χ3v) is 4.91. The van der Waals surface area contributed by atoms with Gasteiger partial charge >= 0.3 is 0 Å². The van der Waals surface area contributed by atoms with E-state index in [0.717, 1.165) is 6.04 Å². The molecule has 3 rings (SSSR count). The zero-order chi connectivity index (χ0) is 13.2. The molecule has 1 heterocycles. The SMILES string of the molecule is Cc1ccc2c(c1)CCC(N1CCN(C)CC1)CC2. The quantitative estimate of drug-likeness (QED) is 0.714. The molecule has 1 aliphatic heterocycles. The zero-order valence-electron chi connectivity index (χ0n) is 12.4. The van der Waals surface area contributed by atoms with Crippen LogP contribution in [0.4, 0.5) is 0 Å². The Morgan fingerprint density at radius 2 is 1.63 bits per heavy atom. The van der Waals surface area contributed by atoms with Crippen molar-refractivity contribution in [2.24, 2.45) is 0 Å². The monoisotopic (exact) mass is 258 g/mol. The van der Waals surface area contributed by atoms with Gasteiger partial charge in [-0.05, 0) is 50.8 Å². The fourth-order valence-electron chi connectivity index (χ4n) is 3.57. The molecule has 0 saturated carbocycles. The Kier molecular flexibility index (Phi) is 3.90. The maximum absolute atomic E-state index is 2.73. The molecule has 0 amide bonds. The molecule has 1 aliphatic carbocycles. The summed E-state index contributed by atoms with van der Waals surface area (Å²) in [5.41, 5.74) is 4.62. The van der Waals surface area contributed by atoms with Crippen LogP contribution < -0.4 is 0 Å². The van der Waals surface area contributed by atoms with Crippen molar-refractivity contribution < 1.29 is 0 Å². The van der Waals surface area contributed by atoms with Crippen molar-refractivity contribution in [3.05, 3.63) is 34.9 Å². The Morgan fingerprint density at radius 1 is 0.947 bits per heavy atom. The maximum Gasteiger partial charge on any atom is 0.0113 e. The van der Waals surface area contributed by atoms with Crippen molar-refractivity contribution in [2.75, 3.05) is 33.2 Å². The highest BCUT2D eigenvalue weighted by Gasteiger charge is 2.24. The second-order valence-electron chi connectivity index (χ2n) is 6.34. The van der Waals surface area contributed by atoms with Crippen molar-refractivity contribution in [1.82, 2.24) is 9.80 Å². The van der Waals surface area contributed by atoms with Gasteiger partial charge in [0.2, 0.25) is 0 Å². The van der Waals surface area contributed by atoms with Gasteiger partial charge in [0.05, 0.1) is 0 Å². The van der Waals surface area contributed by atoms with Crippen LogP contribution >= 0.6 is 0 Å². The van der Waals surface area contributed by atoms with Crippen molar-refractivity contribution >= 4 is 0 Å². The van der Waals surface area contributed by atoms with Crippen LogP contribution in [0.2, 0.25) is 0 Å². The van der Waals surface area contributed by atoms with Crippen LogP contribution in [-0.2, 0) is 12.8 Å². The van der Waals surface area contributed by atoms with Crippen LogP contribution in [0.3, 0.4) is 0 Å². The molecule has 0 radical (unpaired) electrons. The molecule has 1 aromatic carbocycles. The molecular formula is C17H26N2. The van der Waals surface area contributed by atoms with E-state index in [-0.39, 0.29) is 0 Å². The first kappa shape index (κ1) is 13.1. The minimum atomic E-state index is 0.807. The predicted octanol–water partition coefficient (Wildman–Crippen LogP) is 2.49. The molecule has 2 heteroatoms. The van der Waals surface area contributed by atoms with Gasteiger partial charge in [0.25, 0.3) is 0 Å². The second-order valence-corrected chi connectivity index (χ2v) is 6.34. The molecule has 1 saturated heterocycles. The number of piperazine rings is 1. The Labute approximate surface area is 117 Å². The molecule has 1 aromatic rings. The van der Waals surface area contributed by atoms with Crippen molar-refractivity contribution in [2.45, 2.75) is 38.6 Å². The van der Waals surface area contributed by atoms with E-state index in [9.17, 15) is 0 Å². The molecule has 1 atom stereocenters. The Balaban J connectivity index is 1.66. The fraction of sp³-hybridized carbons (Fsp3) is 0.647. The van der Waals surface area contributed by atoms with Crippen LogP contribution in [0.25, 0.3) is 0 Å². The summed E-state index contributed by atoms with van der Waals surface area (Å²) in [4.78, 5) is 5.18. The topological polar surface area (TPSA) is 6.48 Å². The predicted molar refractivity (Wildman–Crippen MR) is 80.7 cm³/mol. The number of fused-ring (bicyclic) bond motifs is 1. The van der Waals surface area contributed by atoms with Gasteiger partial charge in [-0.15, -0.1) is 0 Å². The van der Waals surface area contributed by atoms with Crippen molar-refractivity contribution in [3.8, 4) is 0 Å². The first-order valence-electron chi connectivity index (χ1n) is 7.73. The minimum Gasteiger partial charge on any atom is -0.304 e. The summed E-state index contributed by atoms with van der Waals surface area (Å²) >= 11 is 0. The van der Waals surface area contributed by atoms with E-state index >= 15 is 0 Å². The van der Waals surface area contributed by atoms with Crippen molar-refractivity contribution in [1.29, 1.82) is 0 Å². The van der Waals surface area contributed by atoms with Gasteiger partial charge in [0.15, 0.2) is 0 Å². The van der Waals surface area contributed by atoms with Gasteiger partial charge in [-0.2, -0.15) is 0 Å². The number of aryl methyl sites for hydroxylation is 3. The maximum atomic E-state index is 2.73. The highest BCUT2D eigenvalue weighted by molar-refractivity contribution is 5.32. The summed E-state index contributed by atoms with van der Waals surface area (Å²) in [7, 11) is 2.24. The van der Waals surface area contributed by atoms with Crippen LogP contribution in [0.5, 0.6) is 0 Å². The minimum absolute atomic E-state index is 0.807. The van der Waals surface area contributed by atoms with Gasteiger partial charge in [-0.3, -0.25) is 4.90 Å². The van der Waals surface area contributed by atoms with Crippen LogP contribution in [0.1, 0.15) is 29.5 Å². The van der Waals surface area contributed by atoms with Crippen molar-refractivity contribution in [3.63, 3.8) is 0 Å². The lowest BCUT2D eigenvalue weighted by Crippen LogP contribution is -2.49. The van der Waals surface area contributed by atoms with Gasteiger partial charge < -0.3 is 4.90 Å². The lowest BCUT2D eigenvalue weighted by atomic mass is 10.0. The molecule has 19 heavy (non-hydrogen) atoms. The highest BCUT2D eigenvalue weighted by Crippen LogP contribution is 2.25. The number of nitrogens with zero attached hydrogens (tertiary/aromatic N) is 2. The lowest BCUT2D eigenvalue weighted by molar-refractivity contribution is 0.104. The number of rotatable bonds is 1. The summed E-state index contributed by atoms with van der Waals surface area (Å²) in [6, 6.07) is 7.84. The number of hydrogen-bond donors (Lipinski definition) is 0. The summed E-state index contributed by atoms with van der Waals surface area (Å²) in [5.74, 6) is 0. The highest BCUT2D eigenvalue weighted by atomic mass is 15.3. The second kappa shape index (κ2) is 5.64. The average Bonchev–Trinajstić information content (AvgIpc) is 2.62. The molecule has 0 aromatic heterocycles. The van der Waals surface area contributed by atoms with E-state index in [0.29, 0.717) is 0 Å². The van der Waals surface area contributed by atoms with Gasteiger partial charge in [0.1, 0.15) is 0 Å². The molecule has 1 fully saturated rings. The Morgan fingerprint density at radius 3 is 2.37 bits per heavy atom. The smallest absolute Gasteiger partial charge is 0.0113 e. The first-order valence-corrected chi connectivity index (χ1v) is 7.73. The zero-order valence-corrected chi connectivity index (χ0v) is 12.4. The molecule has 2 aliphatic rings. The number of likely N-dealkylation sites (N-methyl/N-ethyl adjacent to an activating group) is 1. The normalized spacial score (nSPS) is 25.9. The molecule has 2 nitrogen and oxygen atoms in total. The third kappa shape index (κ3) is 3.01. The van der Waals surface area contributed by atoms with E-state index in [4.69, 9.17) is 0 Å². The largest absolute Gasteiger partial charge is 0.304 e. The summed E-state index contributed by atoms with van der Waals surface area (Å²) in [6.45, 7) is 7.21. The molecule has 104 valence electrons. The molecule has 0 spiro atoms. The first-order chi connectivity index (χ1) is 9.22. The van der Waals surface area contributed by atoms with Gasteiger partial charge in [0, 0.05) is 32.2 Å². The fourth-order valence-corrected chi connectivity index (χ4v) is 3.57. The molecule has 0 bridgehead atoms. The lowest BCUT2D eigenvalue weighted by Gasteiger charge is -2.37. The van der Waals surface area contributed by atoms with Crippen LogP contribution in [0, 0.1) is 6.92 Å².